The zero-order valence-electron chi connectivity index (χ0n) is 11.5. The number of benzene rings is 2. The predicted molar refractivity (Wildman–Crippen MR) is 93.9 cm³/mol. The van der Waals surface area contributed by atoms with Crippen molar-refractivity contribution in [1.29, 1.82) is 0 Å². The first-order valence-electron chi connectivity index (χ1n) is 6.65. The minimum absolute atomic E-state index is 0.492. The van der Waals surface area contributed by atoms with Crippen LogP contribution >= 0.6 is 46.4 Å². The van der Waals surface area contributed by atoms with Crippen molar-refractivity contribution < 1.29 is 0 Å². The van der Waals surface area contributed by atoms with Gasteiger partial charge in [-0.05, 0) is 39.8 Å². The molecule has 0 N–H and O–H groups in total. The molecule has 0 saturated heterocycles. The first-order chi connectivity index (χ1) is 10.2. The van der Waals surface area contributed by atoms with Crippen molar-refractivity contribution in [2.75, 3.05) is 0 Å². The zero-order chi connectivity index (χ0) is 15.2. The van der Waals surface area contributed by atoms with Crippen LogP contribution < -0.4 is 0 Å². The van der Waals surface area contributed by atoms with Crippen molar-refractivity contribution in [3.8, 4) is 0 Å². The van der Waals surface area contributed by atoms with Gasteiger partial charge in [0.25, 0.3) is 0 Å². The molecule has 0 aliphatic carbocycles. The molecule has 112 valence electrons. The van der Waals surface area contributed by atoms with Crippen LogP contribution in [0.4, 0.5) is 0 Å². The summed E-state index contributed by atoms with van der Waals surface area (Å²) in [6, 6.07) is 12.6. The maximum Gasteiger partial charge on any atom is 0.0474 e. The van der Waals surface area contributed by atoms with Gasteiger partial charge in [-0.15, -0.1) is 46.4 Å². The third-order valence-corrected chi connectivity index (χ3v) is 4.48. The van der Waals surface area contributed by atoms with Gasteiger partial charge in [-0.25, -0.2) is 0 Å². The molecule has 0 aliphatic heterocycles. The summed E-state index contributed by atoms with van der Waals surface area (Å²) in [6.07, 6.45) is 0.823. The van der Waals surface area contributed by atoms with Crippen molar-refractivity contribution in [2.24, 2.45) is 0 Å². The first kappa shape index (κ1) is 17.0. The molecule has 4 heteroatoms. The Morgan fingerprint density at radius 3 is 0.905 bits per heavy atom. The second-order valence-electron chi connectivity index (χ2n) is 5.03. The summed E-state index contributed by atoms with van der Waals surface area (Å²) in [6.45, 7) is 0. The van der Waals surface area contributed by atoms with E-state index in [0.717, 1.165) is 28.7 Å². The van der Waals surface area contributed by atoms with Crippen LogP contribution in [-0.2, 0) is 29.9 Å². The number of rotatable bonds is 6. The first-order valence-corrected chi connectivity index (χ1v) is 8.79. The molecule has 0 aliphatic rings. The molecule has 0 saturated carbocycles. The van der Waals surface area contributed by atoms with Crippen LogP contribution in [0, 0.1) is 0 Å². The van der Waals surface area contributed by atoms with Crippen LogP contribution in [0.15, 0.2) is 36.4 Å². The molecule has 0 radical (unpaired) electrons. The highest BCUT2D eigenvalue weighted by Gasteiger charge is 2.05. The molecular weight excluding hydrogens is 346 g/mol. The third kappa shape index (κ3) is 4.79. The van der Waals surface area contributed by atoms with Gasteiger partial charge >= 0.3 is 0 Å². The number of hydrogen-bond donors (Lipinski definition) is 0. The lowest BCUT2D eigenvalue weighted by Crippen LogP contribution is -1.95. The van der Waals surface area contributed by atoms with Crippen LogP contribution in [-0.4, -0.2) is 0 Å². The molecule has 0 bridgehead atoms. The second kappa shape index (κ2) is 8.29. The Morgan fingerprint density at radius 2 is 0.667 bits per heavy atom. The standard InChI is InChI=1S/C17H16Cl4/c18-8-14-2-12(3-15(6-14)9-19)1-13-4-16(10-20)7-17(5-13)11-21/h2-7H,1,8-11H2. The molecule has 0 spiro atoms. The van der Waals surface area contributed by atoms with Crippen LogP contribution in [0.3, 0.4) is 0 Å². The lowest BCUT2D eigenvalue weighted by Gasteiger charge is -2.10. The van der Waals surface area contributed by atoms with E-state index in [1.165, 1.54) is 11.1 Å². The summed E-state index contributed by atoms with van der Waals surface area (Å²) >= 11 is 23.8. The minimum atomic E-state index is 0.492. The molecule has 0 heterocycles. The SMILES string of the molecule is ClCc1cc(CCl)cc(Cc2cc(CCl)cc(CCl)c2)c1. The Hall–Kier alpha value is -0.400. The predicted octanol–water partition coefficient (Wildman–Crippen LogP) is 6.23. The molecule has 2 rings (SSSR count). The smallest absolute Gasteiger partial charge is 0.0474 e. The monoisotopic (exact) mass is 360 g/mol. The highest BCUT2D eigenvalue weighted by atomic mass is 35.5. The summed E-state index contributed by atoms with van der Waals surface area (Å²) < 4.78 is 0. The Labute approximate surface area is 146 Å². The minimum Gasteiger partial charge on any atom is -0.122 e. The lowest BCUT2D eigenvalue weighted by atomic mass is 9.98. The molecule has 0 aromatic heterocycles. The van der Waals surface area contributed by atoms with Gasteiger partial charge in [-0.1, -0.05) is 36.4 Å². The van der Waals surface area contributed by atoms with E-state index in [9.17, 15) is 0 Å². The summed E-state index contributed by atoms with van der Waals surface area (Å²) in [5, 5.41) is 0. The van der Waals surface area contributed by atoms with Crippen molar-refractivity contribution in [2.45, 2.75) is 29.9 Å². The van der Waals surface area contributed by atoms with Crippen LogP contribution in [0.1, 0.15) is 33.4 Å². The normalized spacial score (nSPS) is 10.9. The van der Waals surface area contributed by atoms with Gasteiger partial charge in [0.15, 0.2) is 0 Å². The van der Waals surface area contributed by atoms with Crippen molar-refractivity contribution in [3.05, 3.63) is 69.8 Å². The van der Waals surface area contributed by atoms with Crippen LogP contribution in [0.25, 0.3) is 0 Å². The van der Waals surface area contributed by atoms with Gasteiger partial charge < -0.3 is 0 Å². The number of hydrogen-bond acceptors (Lipinski definition) is 0. The molecule has 21 heavy (non-hydrogen) atoms. The summed E-state index contributed by atoms with van der Waals surface area (Å²) in [5.41, 5.74) is 6.78. The van der Waals surface area contributed by atoms with Gasteiger partial charge in [-0.2, -0.15) is 0 Å². The molecule has 0 atom stereocenters. The van der Waals surface area contributed by atoms with Gasteiger partial charge in [0.1, 0.15) is 0 Å². The second-order valence-corrected chi connectivity index (χ2v) is 6.10. The maximum atomic E-state index is 5.95. The molecule has 0 fully saturated rings. The van der Waals surface area contributed by atoms with E-state index in [0.29, 0.717) is 23.5 Å². The summed E-state index contributed by atoms with van der Waals surface area (Å²) in [5.74, 6) is 1.97. The zero-order valence-corrected chi connectivity index (χ0v) is 14.5. The number of halogens is 4. The molecule has 2 aromatic rings. The van der Waals surface area contributed by atoms with E-state index in [-0.39, 0.29) is 0 Å². The average Bonchev–Trinajstić information content (AvgIpc) is 2.53. The molecule has 0 amide bonds. The van der Waals surface area contributed by atoms with Crippen molar-refractivity contribution in [3.63, 3.8) is 0 Å². The highest BCUT2D eigenvalue weighted by Crippen LogP contribution is 2.20. The lowest BCUT2D eigenvalue weighted by molar-refractivity contribution is 1.13. The number of alkyl halides is 4. The fraction of sp³-hybridized carbons (Fsp3) is 0.294. The van der Waals surface area contributed by atoms with E-state index in [1.807, 2.05) is 12.1 Å². The molecule has 2 aromatic carbocycles. The summed E-state index contributed by atoms with van der Waals surface area (Å²) in [7, 11) is 0. The van der Waals surface area contributed by atoms with Gasteiger partial charge in [0.2, 0.25) is 0 Å². The van der Waals surface area contributed by atoms with E-state index in [4.69, 9.17) is 46.4 Å². The Morgan fingerprint density at radius 1 is 0.429 bits per heavy atom. The van der Waals surface area contributed by atoms with Gasteiger partial charge in [0.05, 0.1) is 0 Å². The Kier molecular flexibility index (Phi) is 6.70. The van der Waals surface area contributed by atoms with E-state index in [1.54, 1.807) is 0 Å². The van der Waals surface area contributed by atoms with Crippen molar-refractivity contribution in [1.82, 2.24) is 0 Å². The quantitative estimate of drug-likeness (QED) is 0.534. The van der Waals surface area contributed by atoms with Crippen LogP contribution in [0.5, 0.6) is 0 Å². The summed E-state index contributed by atoms with van der Waals surface area (Å²) in [4.78, 5) is 0. The Bertz CT molecular complexity index is 510. The van der Waals surface area contributed by atoms with E-state index < -0.39 is 0 Å². The highest BCUT2D eigenvalue weighted by molar-refractivity contribution is 6.18. The molecule has 0 nitrogen and oxygen atoms in total. The topological polar surface area (TPSA) is 0 Å². The maximum absolute atomic E-state index is 5.95. The molecule has 0 unspecified atom stereocenters. The van der Waals surface area contributed by atoms with Crippen molar-refractivity contribution >= 4 is 46.4 Å². The van der Waals surface area contributed by atoms with Gasteiger partial charge in [0, 0.05) is 23.5 Å². The van der Waals surface area contributed by atoms with Crippen LogP contribution in [0.2, 0.25) is 0 Å². The van der Waals surface area contributed by atoms with E-state index in [2.05, 4.69) is 24.3 Å². The van der Waals surface area contributed by atoms with Gasteiger partial charge in [-0.3, -0.25) is 0 Å². The third-order valence-electron chi connectivity index (χ3n) is 3.25. The fourth-order valence-electron chi connectivity index (χ4n) is 2.43. The molecular formula is C17H16Cl4. The average molecular weight is 362 g/mol. The Balaban J connectivity index is 2.32. The fourth-order valence-corrected chi connectivity index (χ4v) is 3.04. The van der Waals surface area contributed by atoms with E-state index >= 15 is 0 Å². The largest absolute Gasteiger partial charge is 0.122 e.